The molecule has 1 unspecified atom stereocenters. The molecule has 1 amide bonds. The summed E-state index contributed by atoms with van der Waals surface area (Å²) >= 11 is 1.58. The highest BCUT2D eigenvalue weighted by atomic mass is 32.2. The lowest BCUT2D eigenvalue weighted by atomic mass is 9.95. The van der Waals surface area contributed by atoms with Crippen molar-refractivity contribution in [3.63, 3.8) is 0 Å². The molecule has 0 aliphatic carbocycles. The first-order valence-corrected chi connectivity index (χ1v) is 12.1. The molecule has 1 aliphatic heterocycles. The minimum atomic E-state index is -0.388. The largest absolute Gasteiger partial charge is 0.328 e. The van der Waals surface area contributed by atoms with Crippen LogP contribution in [0, 0.1) is 6.92 Å². The Morgan fingerprint density at radius 2 is 1.74 bits per heavy atom. The molecule has 0 radical (unpaired) electrons. The normalized spacial score (nSPS) is 14.9. The number of aromatic nitrogens is 3. The maximum absolute atomic E-state index is 13.5. The standard InChI is InChI=1S/C27H25N5OS/c1-18-10-9-15-22(16-18)29-25(33)23-19(2)28-26-30-27(34-17-20-11-5-3-6-12-20)31-32(26)24(23)21-13-7-4-8-14-21/h3-16,24H,17H2,1-2H3,(H,29,33)(H,28,30,31). The molecule has 1 aromatic heterocycles. The number of benzene rings is 3. The lowest BCUT2D eigenvalue weighted by Crippen LogP contribution is -2.31. The summed E-state index contributed by atoms with van der Waals surface area (Å²) in [7, 11) is 0. The van der Waals surface area contributed by atoms with Crippen LogP contribution < -0.4 is 10.6 Å². The van der Waals surface area contributed by atoms with E-state index in [0.717, 1.165) is 28.3 Å². The number of anilines is 2. The molecule has 1 atom stereocenters. The molecule has 3 aromatic carbocycles. The second kappa shape index (κ2) is 9.57. The van der Waals surface area contributed by atoms with Crippen LogP contribution >= 0.6 is 11.8 Å². The van der Waals surface area contributed by atoms with E-state index in [4.69, 9.17) is 10.1 Å². The molecule has 0 fully saturated rings. The molecule has 1 aliphatic rings. The number of thioether (sulfide) groups is 1. The van der Waals surface area contributed by atoms with E-state index in [1.54, 1.807) is 11.8 Å². The Morgan fingerprint density at radius 1 is 1.00 bits per heavy atom. The van der Waals surface area contributed by atoms with Gasteiger partial charge in [-0.3, -0.25) is 4.79 Å². The summed E-state index contributed by atoms with van der Waals surface area (Å²) in [5, 5.41) is 11.8. The van der Waals surface area contributed by atoms with E-state index in [-0.39, 0.29) is 11.9 Å². The van der Waals surface area contributed by atoms with Gasteiger partial charge in [0.25, 0.3) is 5.91 Å². The number of aryl methyl sites for hydroxylation is 1. The number of carbonyl (C=O) groups excluding carboxylic acids is 1. The number of allylic oxidation sites excluding steroid dienone is 1. The number of fused-ring (bicyclic) bond motifs is 1. The van der Waals surface area contributed by atoms with Gasteiger partial charge in [-0.2, -0.15) is 4.98 Å². The van der Waals surface area contributed by atoms with Gasteiger partial charge in [0.2, 0.25) is 11.1 Å². The van der Waals surface area contributed by atoms with Gasteiger partial charge in [-0.05, 0) is 42.7 Å². The lowest BCUT2D eigenvalue weighted by molar-refractivity contribution is -0.113. The van der Waals surface area contributed by atoms with Gasteiger partial charge < -0.3 is 10.6 Å². The summed E-state index contributed by atoms with van der Waals surface area (Å²) in [5.41, 5.74) is 5.41. The molecule has 2 N–H and O–H groups in total. The number of hydrogen-bond donors (Lipinski definition) is 2. The highest BCUT2D eigenvalue weighted by molar-refractivity contribution is 7.98. The summed E-state index contributed by atoms with van der Waals surface area (Å²) in [6.07, 6.45) is 0. The summed E-state index contributed by atoms with van der Waals surface area (Å²) in [5.74, 6) is 1.24. The van der Waals surface area contributed by atoms with Crippen LogP contribution in [0.4, 0.5) is 11.6 Å². The number of carbonyl (C=O) groups is 1. The van der Waals surface area contributed by atoms with E-state index in [9.17, 15) is 4.79 Å². The molecule has 7 heteroatoms. The zero-order valence-electron chi connectivity index (χ0n) is 19.0. The Kier molecular flexibility index (Phi) is 6.18. The molecule has 170 valence electrons. The summed E-state index contributed by atoms with van der Waals surface area (Å²) in [6.45, 7) is 3.92. The van der Waals surface area contributed by atoms with Crippen LogP contribution in [0.2, 0.25) is 0 Å². The zero-order valence-corrected chi connectivity index (χ0v) is 19.8. The smallest absolute Gasteiger partial charge is 0.255 e. The van der Waals surface area contributed by atoms with E-state index in [1.165, 1.54) is 5.56 Å². The molecule has 0 saturated carbocycles. The van der Waals surface area contributed by atoms with Crippen molar-refractivity contribution in [2.75, 3.05) is 10.6 Å². The molecule has 34 heavy (non-hydrogen) atoms. The highest BCUT2D eigenvalue weighted by Gasteiger charge is 2.34. The first kappa shape index (κ1) is 22.0. The van der Waals surface area contributed by atoms with Gasteiger partial charge in [0, 0.05) is 17.1 Å². The fraction of sp³-hybridized carbons (Fsp3) is 0.148. The number of nitrogens with one attached hydrogen (secondary N) is 2. The van der Waals surface area contributed by atoms with Gasteiger partial charge in [0.1, 0.15) is 6.04 Å². The van der Waals surface area contributed by atoms with Crippen molar-refractivity contribution >= 4 is 29.3 Å². The minimum Gasteiger partial charge on any atom is -0.328 e. The van der Waals surface area contributed by atoms with Crippen molar-refractivity contribution < 1.29 is 4.79 Å². The number of hydrogen-bond acceptors (Lipinski definition) is 5. The third-order valence-electron chi connectivity index (χ3n) is 5.68. The van der Waals surface area contributed by atoms with E-state index < -0.39 is 0 Å². The maximum Gasteiger partial charge on any atom is 0.255 e. The number of amides is 1. The Morgan fingerprint density at radius 3 is 2.47 bits per heavy atom. The molecule has 0 spiro atoms. The predicted octanol–water partition coefficient (Wildman–Crippen LogP) is 5.81. The van der Waals surface area contributed by atoms with Crippen molar-refractivity contribution in [2.24, 2.45) is 0 Å². The monoisotopic (exact) mass is 467 g/mol. The first-order chi connectivity index (χ1) is 16.6. The van der Waals surface area contributed by atoms with Crippen LogP contribution in [-0.2, 0) is 10.5 Å². The predicted molar refractivity (Wildman–Crippen MR) is 137 cm³/mol. The van der Waals surface area contributed by atoms with Gasteiger partial charge in [-0.15, -0.1) is 5.10 Å². The number of nitrogens with zero attached hydrogens (tertiary/aromatic N) is 3. The van der Waals surface area contributed by atoms with E-state index in [0.29, 0.717) is 16.7 Å². The van der Waals surface area contributed by atoms with Crippen molar-refractivity contribution in [3.8, 4) is 0 Å². The van der Waals surface area contributed by atoms with Crippen LogP contribution in [0.5, 0.6) is 0 Å². The Labute approximate surface area is 203 Å². The third kappa shape index (κ3) is 4.61. The molecule has 0 saturated heterocycles. The second-order valence-electron chi connectivity index (χ2n) is 8.24. The van der Waals surface area contributed by atoms with Gasteiger partial charge >= 0.3 is 0 Å². The quantitative estimate of drug-likeness (QED) is 0.350. The molecule has 6 nitrogen and oxygen atoms in total. The second-order valence-corrected chi connectivity index (χ2v) is 9.18. The SMILES string of the molecule is CC1=C(C(=O)Nc2cccc(C)c2)C(c2ccccc2)n2nc(SCc3ccccc3)nc2N1. The highest BCUT2D eigenvalue weighted by Crippen LogP contribution is 2.37. The zero-order chi connectivity index (χ0) is 23.5. The van der Waals surface area contributed by atoms with Gasteiger partial charge in [0.05, 0.1) is 5.57 Å². The topological polar surface area (TPSA) is 71.8 Å². The van der Waals surface area contributed by atoms with E-state index >= 15 is 0 Å². The summed E-state index contributed by atoms with van der Waals surface area (Å²) in [4.78, 5) is 18.2. The molecule has 0 bridgehead atoms. The van der Waals surface area contributed by atoms with Gasteiger partial charge in [-0.1, -0.05) is 84.6 Å². The minimum absolute atomic E-state index is 0.163. The average molecular weight is 468 g/mol. The van der Waals surface area contributed by atoms with Gasteiger partial charge in [0.15, 0.2) is 0 Å². The van der Waals surface area contributed by atoms with Crippen LogP contribution in [0.1, 0.15) is 29.7 Å². The van der Waals surface area contributed by atoms with Crippen LogP contribution in [0.15, 0.2) is 101 Å². The Hall–Kier alpha value is -3.84. The van der Waals surface area contributed by atoms with Crippen molar-refractivity contribution in [2.45, 2.75) is 30.8 Å². The van der Waals surface area contributed by atoms with E-state index in [1.807, 2.05) is 91.3 Å². The Bertz CT molecular complexity index is 1350. The molecular weight excluding hydrogens is 442 g/mol. The third-order valence-corrected chi connectivity index (χ3v) is 6.59. The molecule has 5 rings (SSSR count). The maximum atomic E-state index is 13.5. The summed E-state index contributed by atoms with van der Waals surface area (Å²) in [6, 6.07) is 27.6. The lowest BCUT2D eigenvalue weighted by Gasteiger charge is -2.28. The van der Waals surface area contributed by atoms with Gasteiger partial charge in [-0.25, -0.2) is 4.68 Å². The fourth-order valence-electron chi connectivity index (χ4n) is 4.07. The molecule has 2 heterocycles. The van der Waals surface area contributed by atoms with Crippen molar-refractivity contribution in [3.05, 3.63) is 113 Å². The van der Waals surface area contributed by atoms with Crippen LogP contribution in [0.25, 0.3) is 0 Å². The van der Waals surface area contributed by atoms with E-state index in [2.05, 4.69) is 22.8 Å². The van der Waals surface area contributed by atoms with Crippen molar-refractivity contribution in [1.82, 2.24) is 14.8 Å². The average Bonchev–Trinajstić information content (AvgIpc) is 3.25. The van der Waals surface area contributed by atoms with Crippen molar-refractivity contribution in [1.29, 1.82) is 0 Å². The summed E-state index contributed by atoms with van der Waals surface area (Å²) < 4.78 is 1.82. The van der Waals surface area contributed by atoms with Crippen LogP contribution in [-0.4, -0.2) is 20.7 Å². The molecule has 4 aromatic rings. The first-order valence-electron chi connectivity index (χ1n) is 11.1. The Balaban J connectivity index is 1.48. The number of rotatable bonds is 6. The fourth-order valence-corrected chi connectivity index (χ4v) is 4.86. The van der Waals surface area contributed by atoms with Crippen LogP contribution in [0.3, 0.4) is 0 Å². The molecular formula is C27H25N5OS.